The molecule has 0 amide bonds. The largest absolute Gasteiger partial charge is 0.383 e. The Kier molecular flexibility index (Phi) is 3.98. The number of rotatable bonds is 4. The van der Waals surface area contributed by atoms with Gasteiger partial charge in [0, 0.05) is 49.4 Å². The molecule has 0 aliphatic heterocycles. The Bertz CT molecular complexity index is 876. The Balaban J connectivity index is 2.07. The predicted octanol–water partition coefficient (Wildman–Crippen LogP) is 3.49. The monoisotopic (exact) mass is 305 g/mol. The van der Waals surface area contributed by atoms with Gasteiger partial charge in [0.25, 0.3) is 0 Å². The van der Waals surface area contributed by atoms with Crippen LogP contribution >= 0.6 is 0 Å². The van der Waals surface area contributed by atoms with E-state index >= 15 is 0 Å². The first kappa shape index (κ1) is 15.0. The quantitative estimate of drug-likeness (QED) is 0.692. The molecule has 4 nitrogen and oxygen atoms in total. The molecule has 0 atom stereocenters. The first-order chi connectivity index (χ1) is 11.0. The van der Waals surface area contributed by atoms with Gasteiger partial charge in [-0.2, -0.15) is 0 Å². The number of Topliss-reactive ketones (excluding diaryl/α,β-unsaturated/α-hetero) is 1. The zero-order chi connectivity index (χ0) is 16.4. The molecule has 0 fully saturated rings. The number of hydrogen-bond acceptors (Lipinski definition) is 3. The molecule has 3 rings (SSSR count). The number of pyridine rings is 1. The van der Waals surface area contributed by atoms with Gasteiger partial charge >= 0.3 is 0 Å². The Hall–Kier alpha value is -2.88. The molecule has 0 spiro atoms. The van der Waals surface area contributed by atoms with E-state index in [0.29, 0.717) is 5.57 Å². The minimum Gasteiger partial charge on any atom is -0.383 e. The van der Waals surface area contributed by atoms with Gasteiger partial charge in [-0.15, -0.1) is 0 Å². The summed E-state index contributed by atoms with van der Waals surface area (Å²) in [6.45, 7) is 1.59. The van der Waals surface area contributed by atoms with Gasteiger partial charge in [-0.3, -0.25) is 4.79 Å². The standard InChI is InChI=1S/C19H19N3O/c1-14(23)17(12-21(2)3)16-9-10-19-20-18(13-22(19)11-16)15-7-5-4-6-8-15/h4-13H,1-3H3. The predicted molar refractivity (Wildman–Crippen MR) is 93.0 cm³/mol. The fourth-order valence-electron chi connectivity index (χ4n) is 2.53. The lowest BCUT2D eigenvalue weighted by molar-refractivity contribution is -0.111. The summed E-state index contributed by atoms with van der Waals surface area (Å²) in [6, 6.07) is 13.9. The van der Waals surface area contributed by atoms with Crippen LogP contribution in [0.2, 0.25) is 0 Å². The number of carbonyl (C=O) groups is 1. The molecule has 0 bridgehead atoms. The fraction of sp³-hybridized carbons (Fsp3) is 0.158. The number of aromatic nitrogens is 2. The average Bonchev–Trinajstić information content (AvgIpc) is 2.96. The van der Waals surface area contributed by atoms with Crippen LogP contribution in [-0.4, -0.2) is 34.2 Å². The minimum absolute atomic E-state index is 0.0430. The topological polar surface area (TPSA) is 37.6 Å². The molecule has 1 aromatic carbocycles. The Labute approximate surface area is 135 Å². The summed E-state index contributed by atoms with van der Waals surface area (Å²) in [6.07, 6.45) is 5.78. The summed E-state index contributed by atoms with van der Waals surface area (Å²) in [4.78, 5) is 18.4. The lowest BCUT2D eigenvalue weighted by Crippen LogP contribution is -2.07. The maximum absolute atomic E-state index is 11.9. The molecule has 0 saturated heterocycles. The van der Waals surface area contributed by atoms with Gasteiger partial charge in [-0.1, -0.05) is 30.3 Å². The zero-order valence-corrected chi connectivity index (χ0v) is 13.5. The normalized spacial score (nSPS) is 11.7. The van der Waals surface area contributed by atoms with Crippen molar-refractivity contribution in [1.29, 1.82) is 0 Å². The van der Waals surface area contributed by atoms with E-state index in [1.54, 1.807) is 6.92 Å². The van der Waals surface area contributed by atoms with Crippen LogP contribution in [0.3, 0.4) is 0 Å². The highest BCUT2D eigenvalue weighted by Crippen LogP contribution is 2.21. The Morgan fingerprint density at radius 1 is 1.09 bits per heavy atom. The number of fused-ring (bicyclic) bond motifs is 1. The summed E-state index contributed by atoms with van der Waals surface area (Å²) < 4.78 is 1.96. The van der Waals surface area contributed by atoms with E-state index in [4.69, 9.17) is 0 Å². The van der Waals surface area contributed by atoms with Gasteiger partial charge < -0.3 is 9.30 Å². The second-order valence-corrected chi connectivity index (χ2v) is 5.74. The lowest BCUT2D eigenvalue weighted by Gasteiger charge is -2.10. The van der Waals surface area contributed by atoms with Gasteiger partial charge in [0.2, 0.25) is 0 Å². The van der Waals surface area contributed by atoms with E-state index in [1.807, 2.05) is 84.5 Å². The number of allylic oxidation sites excluding steroid dienone is 1. The van der Waals surface area contributed by atoms with Gasteiger partial charge in [0.05, 0.1) is 5.69 Å². The van der Waals surface area contributed by atoms with Crippen LogP contribution in [0.15, 0.2) is 61.1 Å². The second kappa shape index (κ2) is 6.08. The van der Waals surface area contributed by atoms with Gasteiger partial charge in [-0.25, -0.2) is 4.98 Å². The average molecular weight is 305 g/mol. The second-order valence-electron chi connectivity index (χ2n) is 5.74. The molecule has 0 aliphatic carbocycles. The SMILES string of the molecule is CC(=O)C(=CN(C)C)c1ccc2nc(-c3ccccc3)cn2c1. The van der Waals surface area contributed by atoms with Crippen LogP contribution in [0.4, 0.5) is 0 Å². The molecule has 3 aromatic rings. The van der Waals surface area contributed by atoms with Crippen LogP contribution in [0.1, 0.15) is 12.5 Å². The van der Waals surface area contributed by atoms with E-state index in [0.717, 1.165) is 22.5 Å². The van der Waals surface area contributed by atoms with E-state index in [1.165, 1.54) is 0 Å². The van der Waals surface area contributed by atoms with Crippen LogP contribution < -0.4 is 0 Å². The third-order valence-electron chi connectivity index (χ3n) is 3.60. The molecule has 0 N–H and O–H groups in total. The van der Waals surface area contributed by atoms with Crippen molar-refractivity contribution >= 4 is 17.0 Å². The molecular weight excluding hydrogens is 286 g/mol. The molecule has 0 unspecified atom stereocenters. The molecule has 2 aromatic heterocycles. The van der Waals surface area contributed by atoms with Crippen LogP contribution in [-0.2, 0) is 4.79 Å². The third-order valence-corrected chi connectivity index (χ3v) is 3.60. The maximum Gasteiger partial charge on any atom is 0.161 e. The fourth-order valence-corrected chi connectivity index (χ4v) is 2.53. The number of nitrogens with zero attached hydrogens (tertiary/aromatic N) is 3. The van der Waals surface area contributed by atoms with Crippen molar-refractivity contribution < 1.29 is 4.79 Å². The summed E-state index contributed by atoms with van der Waals surface area (Å²) in [5.74, 6) is 0.0430. The van der Waals surface area contributed by atoms with Crippen molar-refractivity contribution in [2.45, 2.75) is 6.92 Å². The highest BCUT2D eigenvalue weighted by molar-refractivity contribution is 6.19. The van der Waals surface area contributed by atoms with E-state index in [-0.39, 0.29) is 5.78 Å². The van der Waals surface area contributed by atoms with Crippen LogP contribution in [0, 0.1) is 0 Å². The van der Waals surface area contributed by atoms with Crippen LogP contribution in [0.25, 0.3) is 22.5 Å². The van der Waals surface area contributed by atoms with Crippen molar-refractivity contribution in [3.8, 4) is 11.3 Å². The molecular formula is C19H19N3O. The molecule has 2 heterocycles. The van der Waals surface area contributed by atoms with E-state index < -0.39 is 0 Å². The van der Waals surface area contributed by atoms with Gasteiger partial charge in [-0.05, 0) is 19.1 Å². The number of ketones is 1. The molecule has 0 radical (unpaired) electrons. The number of hydrogen-bond donors (Lipinski definition) is 0. The molecule has 0 saturated carbocycles. The van der Waals surface area contributed by atoms with Crippen molar-refractivity contribution in [2.24, 2.45) is 0 Å². The molecule has 4 heteroatoms. The summed E-state index contributed by atoms with van der Waals surface area (Å²) >= 11 is 0. The lowest BCUT2D eigenvalue weighted by atomic mass is 10.1. The van der Waals surface area contributed by atoms with E-state index in [9.17, 15) is 4.79 Å². The van der Waals surface area contributed by atoms with Gasteiger partial charge in [0.1, 0.15) is 5.65 Å². The summed E-state index contributed by atoms with van der Waals surface area (Å²) in [7, 11) is 3.82. The number of benzene rings is 1. The van der Waals surface area contributed by atoms with Crippen molar-refractivity contribution in [1.82, 2.24) is 14.3 Å². The summed E-state index contributed by atoms with van der Waals surface area (Å²) in [5.41, 5.74) is 4.43. The first-order valence-electron chi connectivity index (χ1n) is 7.48. The molecule has 23 heavy (non-hydrogen) atoms. The number of imidazole rings is 1. The minimum atomic E-state index is 0.0430. The molecule has 116 valence electrons. The van der Waals surface area contributed by atoms with Crippen molar-refractivity contribution in [3.63, 3.8) is 0 Å². The first-order valence-corrected chi connectivity index (χ1v) is 7.48. The molecule has 0 aliphatic rings. The Morgan fingerprint density at radius 2 is 1.83 bits per heavy atom. The maximum atomic E-state index is 11.9. The smallest absolute Gasteiger partial charge is 0.161 e. The summed E-state index contributed by atoms with van der Waals surface area (Å²) in [5, 5.41) is 0. The van der Waals surface area contributed by atoms with Crippen molar-refractivity contribution in [3.05, 3.63) is 66.6 Å². The Morgan fingerprint density at radius 3 is 2.48 bits per heavy atom. The number of carbonyl (C=O) groups excluding carboxylic acids is 1. The third kappa shape index (κ3) is 3.16. The van der Waals surface area contributed by atoms with E-state index in [2.05, 4.69) is 4.98 Å². The highest BCUT2D eigenvalue weighted by Gasteiger charge is 2.10. The highest BCUT2D eigenvalue weighted by atomic mass is 16.1. The van der Waals surface area contributed by atoms with Gasteiger partial charge in [0.15, 0.2) is 5.78 Å². The zero-order valence-electron chi connectivity index (χ0n) is 13.5. The van der Waals surface area contributed by atoms with Crippen molar-refractivity contribution in [2.75, 3.05) is 14.1 Å². The van der Waals surface area contributed by atoms with Crippen LogP contribution in [0.5, 0.6) is 0 Å².